The fourth-order valence-corrected chi connectivity index (χ4v) is 4.50. The molecular weight excluding hydrogens is 354 g/mol. The predicted molar refractivity (Wildman–Crippen MR) is 113 cm³/mol. The molecular formula is C23H27NO2S. The SMILES string of the molecule is CC(=O)SC(CCC(=O)N1CCCCC1)c1ccc(-c2ccccc2)cc1. The molecule has 2 aromatic rings. The molecule has 0 aromatic heterocycles. The number of thioether (sulfide) groups is 1. The third kappa shape index (κ3) is 5.70. The summed E-state index contributed by atoms with van der Waals surface area (Å²) in [5.74, 6) is 0.227. The zero-order valence-corrected chi connectivity index (χ0v) is 16.7. The Balaban J connectivity index is 1.66. The maximum Gasteiger partial charge on any atom is 0.222 e. The van der Waals surface area contributed by atoms with Crippen LogP contribution in [0.3, 0.4) is 0 Å². The minimum atomic E-state index is 0.0288. The van der Waals surface area contributed by atoms with Gasteiger partial charge < -0.3 is 4.90 Å². The van der Waals surface area contributed by atoms with Gasteiger partial charge in [-0.05, 0) is 42.4 Å². The summed E-state index contributed by atoms with van der Waals surface area (Å²) in [6, 6.07) is 18.6. The van der Waals surface area contributed by atoms with Crippen molar-refractivity contribution < 1.29 is 9.59 Å². The molecule has 1 aliphatic heterocycles. The molecule has 0 spiro atoms. The molecule has 1 atom stereocenters. The van der Waals surface area contributed by atoms with Crippen LogP contribution in [-0.2, 0) is 9.59 Å². The molecule has 1 fully saturated rings. The number of carbonyl (C=O) groups excluding carboxylic acids is 2. The van der Waals surface area contributed by atoms with Gasteiger partial charge in [-0.1, -0.05) is 66.4 Å². The second-order valence-electron chi connectivity index (χ2n) is 7.07. The average molecular weight is 382 g/mol. The summed E-state index contributed by atoms with van der Waals surface area (Å²) in [5.41, 5.74) is 3.46. The molecule has 4 heteroatoms. The lowest BCUT2D eigenvalue weighted by atomic mass is 10.0. The lowest BCUT2D eigenvalue weighted by Crippen LogP contribution is -2.35. The van der Waals surface area contributed by atoms with Crippen LogP contribution in [0.5, 0.6) is 0 Å². The number of benzene rings is 2. The highest BCUT2D eigenvalue weighted by atomic mass is 32.2. The van der Waals surface area contributed by atoms with Gasteiger partial charge in [0.25, 0.3) is 0 Å². The van der Waals surface area contributed by atoms with Crippen LogP contribution in [0.4, 0.5) is 0 Å². The molecule has 1 heterocycles. The maximum absolute atomic E-state index is 12.5. The molecule has 2 aromatic carbocycles. The Hall–Kier alpha value is -2.07. The number of carbonyl (C=O) groups is 2. The van der Waals surface area contributed by atoms with Gasteiger partial charge in [0, 0.05) is 31.7 Å². The first-order chi connectivity index (χ1) is 13.1. The van der Waals surface area contributed by atoms with E-state index < -0.39 is 0 Å². The van der Waals surface area contributed by atoms with Gasteiger partial charge in [-0.25, -0.2) is 0 Å². The van der Waals surface area contributed by atoms with Crippen LogP contribution in [0.1, 0.15) is 49.8 Å². The van der Waals surface area contributed by atoms with Crippen molar-refractivity contribution in [1.82, 2.24) is 4.90 Å². The van der Waals surface area contributed by atoms with Gasteiger partial charge in [0.1, 0.15) is 0 Å². The van der Waals surface area contributed by atoms with Gasteiger partial charge in [-0.2, -0.15) is 0 Å². The van der Waals surface area contributed by atoms with Crippen LogP contribution in [0, 0.1) is 0 Å². The van der Waals surface area contributed by atoms with E-state index in [1.165, 1.54) is 23.7 Å². The molecule has 1 unspecified atom stereocenters. The Bertz CT molecular complexity index is 752. The zero-order valence-electron chi connectivity index (χ0n) is 15.9. The Morgan fingerprint density at radius 1 is 0.926 bits per heavy atom. The summed E-state index contributed by atoms with van der Waals surface area (Å²) < 4.78 is 0. The maximum atomic E-state index is 12.5. The van der Waals surface area contributed by atoms with E-state index in [1.807, 2.05) is 23.1 Å². The van der Waals surface area contributed by atoms with E-state index in [0.29, 0.717) is 12.8 Å². The third-order valence-electron chi connectivity index (χ3n) is 5.03. The van der Waals surface area contributed by atoms with Crippen molar-refractivity contribution in [1.29, 1.82) is 0 Å². The molecule has 3 nitrogen and oxygen atoms in total. The molecule has 0 N–H and O–H groups in total. The van der Waals surface area contributed by atoms with Crippen LogP contribution < -0.4 is 0 Å². The van der Waals surface area contributed by atoms with E-state index in [1.54, 1.807) is 6.92 Å². The number of hydrogen-bond acceptors (Lipinski definition) is 3. The summed E-state index contributed by atoms with van der Waals surface area (Å²) >= 11 is 1.33. The number of hydrogen-bond donors (Lipinski definition) is 0. The third-order valence-corrected chi connectivity index (χ3v) is 6.15. The van der Waals surface area contributed by atoms with E-state index in [0.717, 1.165) is 37.1 Å². The summed E-state index contributed by atoms with van der Waals surface area (Å²) in [4.78, 5) is 26.2. The molecule has 1 saturated heterocycles. The van der Waals surface area contributed by atoms with Gasteiger partial charge in [0.15, 0.2) is 5.12 Å². The molecule has 0 saturated carbocycles. The van der Waals surface area contributed by atoms with Crippen LogP contribution in [0.2, 0.25) is 0 Å². The highest BCUT2D eigenvalue weighted by Crippen LogP contribution is 2.35. The Morgan fingerprint density at radius 3 is 2.19 bits per heavy atom. The number of likely N-dealkylation sites (tertiary alicyclic amines) is 1. The van der Waals surface area contributed by atoms with Crippen molar-refractivity contribution in [3.8, 4) is 11.1 Å². The van der Waals surface area contributed by atoms with E-state index >= 15 is 0 Å². The summed E-state index contributed by atoms with van der Waals surface area (Å²) in [6.07, 6.45) is 4.65. The second-order valence-corrected chi connectivity index (χ2v) is 8.45. The van der Waals surface area contributed by atoms with Gasteiger partial charge in [-0.3, -0.25) is 9.59 Å². The van der Waals surface area contributed by atoms with Gasteiger partial charge in [0.05, 0.1) is 0 Å². The first kappa shape index (κ1) is 19.7. The fraction of sp³-hybridized carbons (Fsp3) is 0.391. The first-order valence-electron chi connectivity index (χ1n) is 9.74. The normalized spacial score (nSPS) is 15.4. The number of amides is 1. The minimum absolute atomic E-state index is 0.0288. The quantitative estimate of drug-likeness (QED) is 0.666. The van der Waals surface area contributed by atoms with Crippen molar-refractivity contribution in [2.75, 3.05) is 13.1 Å². The topological polar surface area (TPSA) is 37.4 Å². The van der Waals surface area contributed by atoms with Crippen LogP contribution in [0.25, 0.3) is 11.1 Å². The van der Waals surface area contributed by atoms with Gasteiger partial charge in [-0.15, -0.1) is 0 Å². The van der Waals surface area contributed by atoms with Crippen molar-refractivity contribution >= 4 is 22.8 Å². The van der Waals surface area contributed by atoms with Gasteiger partial charge in [0.2, 0.25) is 5.91 Å². The smallest absolute Gasteiger partial charge is 0.222 e. The van der Waals surface area contributed by atoms with Crippen molar-refractivity contribution in [3.05, 3.63) is 60.2 Å². The van der Waals surface area contributed by atoms with Gasteiger partial charge >= 0.3 is 0 Å². The first-order valence-corrected chi connectivity index (χ1v) is 10.6. The highest BCUT2D eigenvalue weighted by Gasteiger charge is 2.20. The van der Waals surface area contributed by atoms with Crippen LogP contribution in [0.15, 0.2) is 54.6 Å². The molecule has 1 amide bonds. The van der Waals surface area contributed by atoms with Crippen molar-refractivity contribution in [3.63, 3.8) is 0 Å². The standard InChI is InChI=1S/C23H27NO2S/c1-18(25)27-22(14-15-23(26)24-16-6-3-7-17-24)21-12-10-20(11-13-21)19-8-4-2-5-9-19/h2,4-5,8-13,22H,3,6-7,14-17H2,1H3. The number of piperidine rings is 1. The molecule has 142 valence electrons. The Kier molecular flexibility index (Phi) is 7.11. The minimum Gasteiger partial charge on any atom is -0.343 e. The predicted octanol–water partition coefficient (Wildman–Crippen LogP) is 5.47. The fourth-order valence-electron chi connectivity index (χ4n) is 3.57. The molecule has 0 radical (unpaired) electrons. The van der Waals surface area contributed by atoms with E-state index in [-0.39, 0.29) is 16.3 Å². The Labute approximate surface area is 166 Å². The summed E-state index contributed by atoms with van der Waals surface area (Å²) in [7, 11) is 0. The lowest BCUT2D eigenvalue weighted by Gasteiger charge is -2.27. The highest BCUT2D eigenvalue weighted by molar-refractivity contribution is 8.13. The largest absolute Gasteiger partial charge is 0.343 e. The lowest BCUT2D eigenvalue weighted by molar-refractivity contribution is -0.132. The second kappa shape index (κ2) is 9.75. The summed E-state index contributed by atoms with van der Waals surface area (Å²) in [6.45, 7) is 3.37. The van der Waals surface area contributed by atoms with Crippen molar-refractivity contribution in [2.45, 2.75) is 44.3 Å². The number of nitrogens with zero attached hydrogens (tertiary/aromatic N) is 1. The van der Waals surface area contributed by atoms with E-state index in [2.05, 4.69) is 36.4 Å². The Morgan fingerprint density at radius 2 is 1.56 bits per heavy atom. The summed E-state index contributed by atoms with van der Waals surface area (Å²) in [5, 5.41) is 0.124. The molecule has 0 bridgehead atoms. The van der Waals surface area contributed by atoms with Crippen LogP contribution in [-0.4, -0.2) is 29.0 Å². The monoisotopic (exact) mass is 381 g/mol. The molecule has 1 aliphatic rings. The molecule has 27 heavy (non-hydrogen) atoms. The van der Waals surface area contributed by atoms with E-state index in [9.17, 15) is 9.59 Å². The molecule has 0 aliphatic carbocycles. The average Bonchev–Trinajstić information content (AvgIpc) is 2.72. The van der Waals surface area contributed by atoms with Crippen LogP contribution >= 0.6 is 11.8 Å². The van der Waals surface area contributed by atoms with E-state index in [4.69, 9.17) is 0 Å². The molecule has 3 rings (SSSR count). The van der Waals surface area contributed by atoms with Crippen molar-refractivity contribution in [2.24, 2.45) is 0 Å². The number of rotatable bonds is 6. The zero-order chi connectivity index (χ0) is 19.1.